The monoisotopic (exact) mass is 210 g/mol. The van der Waals surface area contributed by atoms with Gasteiger partial charge in [-0.2, -0.15) is 0 Å². The first kappa shape index (κ1) is 11.4. The lowest BCUT2D eigenvalue weighted by atomic mass is 9.92. The van der Waals surface area contributed by atoms with E-state index in [0.717, 1.165) is 23.9 Å². The normalized spacial score (nSPS) is 38.0. The Kier molecular flexibility index (Phi) is 3.68. The van der Waals surface area contributed by atoms with Crippen molar-refractivity contribution >= 4 is 0 Å². The van der Waals surface area contributed by atoms with Gasteiger partial charge in [0.1, 0.15) is 0 Å². The molecule has 0 saturated carbocycles. The fourth-order valence-corrected chi connectivity index (χ4v) is 3.31. The van der Waals surface area contributed by atoms with E-state index in [4.69, 9.17) is 0 Å². The van der Waals surface area contributed by atoms with Gasteiger partial charge in [0.2, 0.25) is 0 Å². The largest absolute Gasteiger partial charge is 0.315 e. The van der Waals surface area contributed by atoms with Gasteiger partial charge in [0, 0.05) is 18.6 Å². The molecule has 15 heavy (non-hydrogen) atoms. The summed E-state index contributed by atoms with van der Waals surface area (Å²) in [6.07, 6.45) is 4.20. The Morgan fingerprint density at radius 3 is 2.87 bits per heavy atom. The molecular formula is C13H26N2. The summed E-state index contributed by atoms with van der Waals surface area (Å²) in [7, 11) is 0. The summed E-state index contributed by atoms with van der Waals surface area (Å²) in [6.45, 7) is 10.9. The minimum Gasteiger partial charge on any atom is -0.315 e. The zero-order chi connectivity index (χ0) is 10.8. The zero-order valence-corrected chi connectivity index (χ0v) is 10.5. The first-order valence-electron chi connectivity index (χ1n) is 6.65. The molecule has 2 nitrogen and oxygen atoms in total. The predicted octanol–water partition coefficient (Wildman–Crippen LogP) is 2.10. The molecule has 0 spiro atoms. The lowest BCUT2D eigenvalue weighted by molar-refractivity contribution is 0.136. The molecule has 88 valence electrons. The van der Waals surface area contributed by atoms with Crippen LogP contribution in [0.5, 0.6) is 0 Å². The molecule has 0 aliphatic carbocycles. The van der Waals surface area contributed by atoms with Crippen molar-refractivity contribution in [3.05, 3.63) is 0 Å². The van der Waals surface area contributed by atoms with Crippen molar-refractivity contribution in [3.63, 3.8) is 0 Å². The van der Waals surface area contributed by atoms with E-state index < -0.39 is 0 Å². The standard InChI is InChI=1S/C13H26N2/c1-10(2)7-13-11(3)8-14-9-12-5-4-6-15(12)13/h10-14H,4-9H2,1-3H3. The van der Waals surface area contributed by atoms with Crippen molar-refractivity contribution in [2.24, 2.45) is 11.8 Å². The molecule has 2 aliphatic heterocycles. The second-order valence-corrected chi connectivity index (χ2v) is 5.87. The van der Waals surface area contributed by atoms with Crippen LogP contribution in [0.2, 0.25) is 0 Å². The minimum atomic E-state index is 0.815. The van der Waals surface area contributed by atoms with Crippen LogP contribution < -0.4 is 5.32 Å². The van der Waals surface area contributed by atoms with Gasteiger partial charge in [-0.15, -0.1) is 0 Å². The van der Waals surface area contributed by atoms with Crippen LogP contribution in [-0.4, -0.2) is 36.6 Å². The molecule has 0 bridgehead atoms. The zero-order valence-electron chi connectivity index (χ0n) is 10.5. The lowest BCUT2D eigenvalue weighted by Crippen LogP contribution is -2.43. The third kappa shape index (κ3) is 2.54. The summed E-state index contributed by atoms with van der Waals surface area (Å²) in [5.41, 5.74) is 0. The molecule has 3 atom stereocenters. The molecule has 0 aromatic heterocycles. The number of nitrogens with one attached hydrogen (secondary N) is 1. The average Bonchev–Trinajstić information content (AvgIpc) is 2.57. The third-order valence-corrected chi connectivity index (χ3v) is 4.06. The van der Waals surface area contributed by atoms with E-state index in [1.165, 1.54) is 38.9 Å². The van der Waals surface area contributed by atoms with Crippen LogP contribution in [0, 0.1) is 11.8 Å². The quantitative estimate of drug-likeness (QED) is 0.751. The van der Waals surface area contributed by atoms with Crippen LogP contribution in [0.4, 0.5) is 0 Å². The van der Waals surface area contributed by atoms with E-state index in [1.807, 2.05) is 0 Å². The number of nitrogens with zero attached hydrogens (tertiary/aromatic N) is 1. The van der Waals surface area contributed by atoms with Crippen molar-refractivity contribution in [1.29, 1.82) is 0 Å². The summed E-state index contributed by atoms with van der Waals surface area (Å²) in [5, 5.41) is 3.63. The van der Waals surface area contributed by atoms with Crippen molar-refractivity contribution in [2.45, 2.75) is 52.1 Å². The fourth-order valence-electron chi connectivity index (χ4n) is 3.31. The van der Waals surface area contributed by atoms with Crippen molar-refractivity contribution in [3.8, 4) is 0 Å². The Labute approximate surface area is 94.4 Å². The summed E-state index contributed by atoms with van der Waals surface area (Å²) >= 11 is 0. The summed E-state index contributed by atoms with van der Waals surface area (Å²) in [4.78, 5) is 2.80. The molecule has 0 amide bonds. The van der Waals surface area contributed by atoms with Gasteiger partial charge >= 0.3 is 0 Å². The van der Waals surface area contributed by atoms with E-state index in [-0.39, 0.29) is 0 Å². The SMILES string of the molecule is CC(C)CC1C(C)CNCC2CCCN21. The van der Waals surface area contributed by atoms with Gasteiger partial charge in [-0.3, -0.25) is 4.90 Å². The number of hydrogen-bond acceptors (Lipinski definition) is 2. The van der Waals surface area contributed by atoms with Crippen LogP contribution in [0.25, 0.3) is 0 Å². The van der Waals surface area contributed by atoms with Gasteiger partial charge in [0.05, 0.1) is 0 Å². The van der Waals surface area contributed by atoms with Crippen LogP contribution in [-0.2, 0) is 0 Å². The highest BCUT2D eigenvalue weighted by Crippen LogP contribution is 2.29. The van der Waals surface area contributed by atoms with Gasteiger partial charge in [-0.1, -0.05) is 20.8 Å². The van der Waals surface area contributed by atoms with Crippen LogP contribution in [0.15, 0.2) is 0 Å². The van der Waals surface area contributed by atoms with E-state index in [2.05, 4.69) is 31.0 Å². The fraction of sp³-hybridized carbons (Fsp3) is 1.00. The molecule has 2 saturated heterocycles. The molecule has 2 heterocycles. The Morgan fingerprint density at radius 1 is 1.33 bits per heavy atom. The predicted molar refractivity (Wildman–Crippen MR) is 65.0 cm³/mol. The highest BCUT2D eigenvalue weighted by Gasteiger charge is 2.35. The smallest absolute Gasteiger partial charge is 0.0224 e. The highest BCUT2D eigenvalue weighted by molar-refractivity contribution is 4.92. The third-order valence-electron chi connectivity index (χ3n) is 4.06. The summed E-state index contributed by atoms with van der Waals surface area (Å²) in [6, 6.07) is 1.66. The van der Waals surface area contributed by atoms with Crippen molar-refractivity contribution in [1.82, 2.24) is 10.2 Å². The Balaban J connectivity index is 2.06. The molecular weight excluding hydrogens is 184 g/mol. The van der Waals surface area contributed by atoms with E-state index in [0.29, 0.717) is 0 Å². The van der Waals surface area contributed by atoms with Crippen LogP contribution in [0.3, 0.4) is 0 Å². The maximum atomic E-state index is 3.63. The van der Waals surface area contributed by atoms with Gasteiger partial charge in [0.15, 0.2) is 0 Å². The maximum Gasteiger partial charge on any atom is 0.0224 e. The van der Waals surface area contributed by atoms with E-state index >= 15 is 0 Å². The number of rotatable bonds is 2. The Hall–Kier alpha value is -0.0800. The average molecular weight is 210 g/mol. The highest BCUT2D eigenvalue weighted by atomic mass is 15.2. The summed E-state index contributed by atoms with van der Waals surface area (Å²) in [5.74, 6) is 1.65. The molecule has 2 rings (SSSR count). The molecule has 0 radical (unpaired) electrons. The van der Waals surface area contributed by atoms with Crippen molar-refractivity contribution < 1.29 is 0 Å². The topological polar surface area (TPSA) is 15.3 Å². The van der Waals surface area contributed by atoms with Crippen molar-refractivity contribution in [2.75, 3.05) is 19.6 Å². The molecule has 2 fully saturated rings. The van der Waals surface area contributed by atoms with Gasteiger partial charge in [-0.25, -0.2) is 0 Å². The molecule has 3 unspecified atom stereocenters. The second-order valence-electron chi connectivity index (χ2n) is 5.87. The van der Waals surface area contributed by atoms with Crippen LogP contribution in [0.1, 0.15) is 40.0 Å². The second kappa shape index (κ2) is 4.84. The molecule has 0 aromatic rings. The molecule has 1 N–H and O–H groups in total. The van der Waals surface area contributed by atoms with Crippen LogP contribution >= 0.6 is 0 Å². The molecule has 2 heteroatoms. The van der Waals surface area contributed by atoms with Gasteiger partial charge in [-0.05, 0) is 44.2 Å². The van der Waals surface area contributed by atoms with E-state index in [9.17, 15) is 0 Å². The minimum absolute atomic E-state index is 0.815. The molecule has 0 aromatic carbocycles. The maximum absolute atomic E-state index is 3.63. The molecule has 2 aliphatic rings. The van der Waals surface area contributed by atoms with Gasteiger partial charge < -0.3 is 5.32 Å². The number of hydrogen-bond donors (Lipinski definition) is 1. The van der Waals surface area contributed by atoms with Gasteiger partial charge in [0.25, 0.3) is 0 Å². The Bertz CT molecular complexity index is 203. The first-order chi connectivity index (χ1) is 7.18. The van der Waals surface area contributed by atoms with E-state index in [1.54, 1.807) is 0 Å². The lowest BCUT2D eigenvalue weighted by Gasteiger charge is -2.34. The Morgan fingerprint density at radius 2 is 2.13 bits per heavy atom. The number of fused-ring (bicyclic) bond motifs is 1. The summed E-state index contributed by atoms with van der Waals surface area (Å²) < 4.78 is 0. The first-order valence-corrected chi connectivity index (χ1v) is 6.65.